The van der Waals surface area contributed by atoms with E-state index < -0.39 is 0 Å². The third kappa shape index (κ3) is 4.49. The van der Waals surface area contributed by atoms with Crippen molar-refractivity contribution in [2.24, 2.45) is 5.92 Å². The average molecular weight is 361 g/mol. The summed E-state index contributed by atoms with van der Waals surface area (Å²) in [6.07, 6.45) is 6.72. The van der Waals surface area contributed by atoms with Crippen LogP contribution in [0.4, 0.5) is 0 Å². The topological polar surface area (TPSA) is 45.2 Å². The maximum atomic E-state index is 4.64. The molecule has 0 unspecified atom stereocenters. The van der Waals surface area contributed by atoms with Gasteiger partial charge < -0.3 is 4.90 Å². The fourth-order valence-corrected chi connectivity index (χ4v) is 4.00. The van der Waals surface area contributed by atoms with Crippen LogP contribution in [0.2, 0.25) is 0 Å². The molecule has 5 heteroatoms. The molecule has 0 saturated carbocycles. The van der Waals surface area contributed by atoms with E-state index in [2.05, 4.69) is 56.1 Å². The van der Waals surface area contributed by atoms with Gasteiger partial charge in [0.05, 0.1) is 16.9 Å². The molecule has 3 aromatic rings. The highest BCUT2D eigenvalue weighted by Crippen LogP contribution is 2.21. The molecular weight excluding hydrogens is 334 g/mol. The van der Waals surface area contributed by atoms with Crippen molar-refractivity contribution in [3.63, 3.8) is 0 Å². The van der Waals surface area contributed by atoms with Crippen LogP contribution >= 0.6 is 0 Å². The van der Waals surface area contributed by atoms with E-state index in [1.807, 2.05) is 31.6 Å². The Hall–Kier alpha value is -2.37. The van der Waals surface area contributed by atoms with Gasteiger partial charge in [0.1, 0.15) is 0 Å². The third-order valence-electron chi connectivity index (χ3n) is 5.33. The molecule has 0 amide bonds. The number of likely N-dealkylation sites (N-methyl/N-ethyl adjacent to an activating group) is 1. The first kappa shape index (κ1) is 18.0. The Morgan fingerprint density at radius 1 is 1.00 bits per heavy atom. The number of fused-ring (bicyclic) bond motifs is 1. The zero-order chi connectivity index (χ0) is 18.6. The minimum absolute atomic E-state index is 0.573. The van der Waals surface area contributed by atoms with E-state index in [0.717, 1.165) is 56.0 Å². The van der Waals surface area contributed by atoms with E-state index in [-0.39, 0.29) is 0 Å². The van der Waals surface area contributed by atoms with Gasteiger partial charge in [-0.15, -0.1) is 0 Å². The van der Waals surface area contributed by atoms with Crippen molar-refractivity contribution in [3.8, 4) is 0 Å². The zero-order valence-corrected chi connectivity index (χ0v) is 16.2. The van der Waals surface area contributed by atoms with Crippen molar-refractivity contribution in [2.75, 3.05) is 33.2 Å². The van der Waals surface area contributed by atoms with E-state index in [0.29, 0.717) is 5.92 Å². The van der Waals surface area contributed by atoms with E-state index in [9.17, 15) is 0 Å². The molecule has 4 rings (SSSR count). The lowest BCUT2D eigenvalue weighted by atomic mass is 9.96. The molecule has 2 aromatic heterocycles. The van der Waals surface area contributed by atoms with E-state index in [1.165, 1.54) is 10.9 Å². The third-order valence-corrected chi connectivity index (χ3v) is 5.33. The van der Waals surface area contributed by atoms with Crippen LogP contribution in [-0.2, 0) is 13.0 Å². The summed E-state index contributed by atoms with van der Waals surface area (Å²) >= 11 is 0. The average Bonchev–Trinajstić information content (AvgIpc) is 2.85. The Bertz CT molecular complexity index is 887. The van der Waals surface area contributed by atoms with Gasteiger partial charge in [-0.1, -0.05) is 24.3 Å². The number of benzene rings is 1. The Morgan fingerprint density at radius 3 is 2.74 bits per heavy atom. The van der Waals surface area contributed by atoms with Gasteiger partial charge in [0.15, 0.2) is 0 Å². The van der Waals surface area contributed by atoms with Crippen LogP contribution in [0.3, 0.4) is 0 Å². The van der Waals surface area contributed by atoms with Gasteiger partial charge >= 0.3 is 0 Å². The Balaban J connectivity index is 1.51. The van der Waals surface area contributed by atoms with Gasteiger partial charge in [-0.25, -0.2) is 0 Å². The van der Waals surface area contributed by atoms with Gasteiger partial charge in [-0.2, -0.15) is 0 Å². The van der Waals surface area contributed by atoms with Crippen molar-refractivity contribution in [2.45, 2.75) is 19.9 Å². The smallest absolute Gasteiger partial charge is 0.0734 e. The lowest BCUT2D eigenvalue weighted by Gasteiger charge is -2.24. The van der Waals surface area contributed by atoms with Gasteiger partial charge in [0.25, 0.3) is 0 Å². The zero-order valence-electron chi connectivity index (χ0n) is 16.2. The van der Waals surface area contributed by atoms with Crippen molar-refractivity contribution in [3.05, 3.63) is 65.9 Å². The molecule has 27 heavy (non-hydrogen) atoms. The fraction of sp³-hybridized carbons (Fsp3) is 0.409. The van der Waals surface area contributed by atoms with Crippen LogP contribution in [0, 0.1) is 12.8 Å². The minimum Gasteiger partial charge on any atom is -0.305 e. The molecule has 1 saturated heterocycles. The lowest BCUT2D eigenvalue weighted by molar-refractivity contribution is 0.246. The summed E-state index contributed by atoms with van der Waals surface area (Å²) in [5, 5.41) is 1.23. The maximum absolute atomic E-state index is 4.64. The number of hydrogen-bond donors (Lipinski definition) is 0. The van der Waals surface area contributed by atoms with Gasteiger partial charge in [0, 0.05) is 56.7 Å². The second-order valence-electron chi connectivity index (χ2n) is 7.71. The summed E-state index contributed by atoms with van der Waals surface area (Å²) in [6.45, 7) is 7.18. The van der Waals surface area contributed by atoms with Crippen LogP contribution in [0.5, 0.6) is 0 Å². The molecule has 1 atom stereocenters. The highest BCUT2D eigenvalue weighted by molar-refractivity contribution is 5.81. The van der Waals surface area contributed by atoms with Crippen LogP contribution in [0.25, 0.3) is 10.9 Å². The molecule has 3 heterocycles. The van der Waals surface area contributed by atoms with Crippen molar-refractivity contribution < 1.29 is 0 Å². The van der Waals surface area contributed by atoms with Crippen LogP contribution in [0.15, 0.2) is 48.9 Å². The van der Waals surface area contributed by atoms with Crippen molar-refractivity contribution in [1.29, 1.82) is 0 Å². The predicted octanol–water partition coefficient (Wildman–Crippen LogP) is 2.94. The van der Waals surface area contributed by atoms with Gasteiger partial charge in [0.2, 0.25) is 0 Å². The molecule has 0 aliphatic carbocycles. The molecule has 140 valence electrons. The number of pyridine rings is 1. The number of aryl methyl sites for hydroxylation is 1. The molecule has 0 spiro atoms. The van der Waals surface area contributed by atoms with Crippen LogP contribution in [-0.4, -0.2) is 58.0 Å². The standard InChI is InChI=1S/C22H27N5/c1-17-12-25-21(13-24-17)16-27-10-9-26(2)14-18(15-27)11-20-6-3-5-19-7-4-8-23-22(19)20/h3-8,12-13,18H,9-11,14-16H2,1-2H3/t18-/m1/s1. The van der Waals surface area contributed by atoms with Crippen molar-refractivity contribution in [1.82, 2.24) is 24.8 Å². The SMILES string of the molecule is Cc1cnc(CN2CCN(C)C[C@@H](Cc3cccc4cccnc34)C2)cn1. The molecule has 1 aliphatic rings. The number of nitrogens with zero attached hydrogens (tertiary/aromatic N) is 5. The second-order valence-corrected chi connectivity index (χ2v) is 7.71. The molecule has 1 fully saturated rings. The highest BCUT2D eigenvalue weighted by atomic mass is 15.2. The Kier molecular flexibility index (Phi) is 5.41. The van der Waals surface area contributed by atoms with Crippen molar-refractivity contribution >= 4 is 10.9 Å². The lowest BCUT2D eigenvalue weighted by Crippen LogP contribution is -2.31. The Morgan fingerprint density at radius 2 is 1.89 bits per heavy atom. The van der Waals surface area contributed by atoms with Crippen LogP contribution in [0.1, 0.15) is 17.0 Å². The summed E-state index contributed by atoms with van der Waals surface area (Å²) in [4.78, 5) is 18.5. The fourth-order valence-electron chi connectivity index (χ4n) is 4.00. The normalized spacial score (nSPS) is 19.3. The minimum atomic E-state index is 0.573. The number of para-hydroxylation sites is 1. The molecule has 0 bridgehead atoms. The van der Waals surface area contributed by atoms with E-state index in [4.69, 9.17) is 0 Å². The summed E-state index contributed by atoms with van der Waals surface area (Å²) < 4.78 is 0. The molecular formula is C22H27N5. The number of hydrogen-bond acceptors (Lipinski definition) is 5. The molecule has 0 radical (unpaired) electrons. The molecule has 0 N–H and O–H groups in total. The summed E-state index contributed by atoms with van der Waals surface area (Å²) in [6, 6.07) is 10.7. The molecule has 1 aromatic carbocycles. The Labute approximate surface area is 161 Å². The first-order valence-corrected chi connectivity index (χ1v) is 9.68. The number of rotatable bonds is 4. The summed E-state index contributed by atoms with van der Waals surface area (Å²) in [5.74, 6) is 0.573. The summed E-state index contributed by atoms with van der Waals surface area (Å²) in [5.41, 5.74) is 4.51. The van der Waals surface area contributed by atoms with E-state index in [1.54, 1.807) is 0 Å². The largest absolute Gasteiger partial charge is 0.305 e. The van der Waals surface area contributed by atoms with Gasteiger partial charge in [-0.3, -0.25) is 19.9 Å². The molecule has 5 nitrogen and oxygen atoms in total. The quantitative estimate of drug-likeness (QED) is 0.715. The summed E-state index contributed by atoms with van der Waals surface area (Å²) in [7, 11) is 2.23. The predicted molar refractivity (Wildman–Crippen MR) is 108 cm³/mol. The monoisotopic (exact) mass is 361 g/mol. The first-order valence-electron chi connectivity index (χ1n) is 9.68. The maximum Gasteiger partial charge on any atom is 0.0734 e. The van der Waals surface area contributed by atoms with Gasteiger partial charge in [-0.05, 0) is 37.9 Å². The first-order chi connectivity index (χ1) is 13.2. The highest BCUT2D eigenvalue weighted by Gasteiger charge is 2.22. The molecule has 1 aliphatic heterocycles. The van der Waals surface area contributed by atoms with E-state index >= 15 is 0 Å². The number of aromatic nitrogens is 3. The van der Waals surface area contributed by atoms with Crippen LogP contribution < -0.4 is 0 Å². The second kappa shape index (κ2) is 8.11.